The number of halogens is 2. The Kier molecular flexibility index (Phi) is 5.08. The van der Waals surface area contributed by atoms with Crippen molar-refractivity contribution in [1.29, 1.82) is 0 Å². The molecule has 8 heteroatoms. The predicted octanol–water partition coefficient (Wildman–Crippen LogP) is 5.38. The van der Waals surface area contributed by atoms with Gasteiger partial charge in [-0.1, -0.05) is 47.5 Å². The summed E-state index contributed by atoms with van der Waals surface area (Å²) in [5.74, 6) is 0.00302. The highest BCUT2D eigenvalue weighted by molar-refractivity contribution is 7.87. The van der Waals surface area contributed by atoms with Gasteiger partial charge in [0.2, 0.25) is 5.78 Å². The number of rotatable bonds is 4. The van der Waals surface area contributed by atoms with E-state index in [2.05, 4.69) is 0 Å². The van der Waals surface area contributed by atoms with E-state index in [9.17, 15) is 13.2 Å². The fourth-order valence-electron chi connectivity index (χ4n) is 2.73. The van der Waals surface area contributed by atoms with Crippen LogP contribution in [-0.2, 0) is 10.1 Å². The summed E-state index contributed by atoms with van der Waals surface area (Å²) in [6, 6.07) is 16.9. The third kappa shape index (κ3) is 4.00. The number of hydrogen-bond acceptors (Lipinski definition) is 5. The van der Waals surface area contributed by atoms with Gasteiger partial charge in [-0.05, 0) is 48.0 Å². The van der Waals surface area contributed by atoms with E-state index >= 15 is 0 Å². The van der Waals surface area contributed by atoms with Crippen LogP contribution in [0.5, 0.6) is 11.5 Å². The van der Waals surface area contributed by atoms with Gasteiger partial charge < -0.3 is 8.92 Å². The van der Waals surface area contributed by atoms with Crippen LogP contribution >= 0.6 is 23.2 Å². The Hall–Kier alpha value is -2.80. The highest BCUT2D eigenvalue weighted by atomic mass is 35.5. The van der Waals surface area contributed by atoms with Gasteiger partial charge in [-0.25, -0.2) is 0 Å². The first kappa shape index (κ1) is 19.5. The van der Waals surface area contributed by atoms with Crippen LogP contribution in [0, 0.1) is 0 Å². The number of benzene rings is 3. The van der Waals surface area contributed by atoms with Crippen molar-refractivity contribution in [3.8, 4) is 11.5 Å². The van der Waals surface area contributed by atoms with E-state index in [4.69, 9.17) is 32.1 Å². The summed E-state index contributed by atoms with van der Waals surface area (Å²) < 4.78 is 35.5. The monoisotopic (exact) mass is 446 g/mol. The van der Waals surface area contributed by atoms with Crippen LogP contribution in [0.4, 0.5) is 0 Å². The molecule has 0 amide bonds. The number of hydrogen-bond donors (Lipinski definition) is 0. The summed E-state index contributed by atoms with van der Waals surface area (Å²) in [4.78, 5) is 12.6. The van der Waals surface area contributed by atoms with Crippen molar-refractivity contribution in [2.75, 3.05) is 0 Å². The largest absolute Gasteiger partial charge is 0.452 e. The zero-order valence-corrected chi connectivity index (χ0v) is 17.0. The number of Topliss-reactive ketones (excluding diaryl/α,β-unsaturated/α-hetero) is 1. The summed E-state index contributed by atoms with van der Waals surface area (Å²) in [6.07, 6.45) is 1.53. The van der Waals surface area contributed by atoms with Crippen LogP contribution in [0.1, 0.15) is 15.9 Å². The number of fused-ring (bicyclic) bond motifs is 1. The Morgan fingerprint density at radius 1 is 0.897 bits per heavy atom. The van der Waals surface area contributed by atoms with Gasteiger partial charge in [0, 0.05) is 6.07 Å². The Morgan fingerprint density at radius 2 is 1.66 bits per heavy atom. The van der Waals surface area contributed by atoms with Gasteiger partial charge in [-0.2, -0.15) is 8.42 Å². The zero-order valence-electron chi connectivity index (χ0n) is 14.6. The molecule has 0 fully saturated rings. The molecule has 0 unspecified atom stereocenters. The summed E-state index contributed by atoms with van der Waals surface area (Å²) in [6.45, 7) is 0. The Morgan fingerprint density at radius 3 is 2.38 bits per heavy atom. The standard InChI is InChI=1S/C21H12Cl2O5S/c22-17-9-6-13(10-18(17)23)11-20-21(24)16-8-7-14(12-19(16)27-20)28-29(25,26)15-4-2-1-3-5-15/h1-12H. The second-order valence-corrected chi connectivity index (χ2v) is 8.48. The fraction of sp³-hybridized carbons (Fsp3) is 0. The first-order valence-electron chi connectivity index (χ1n) is 8.36. The first-order chi connectivity index (χ1) is 13.8. The van der Waals surface area contributed by atoms with Crippen molar-refractivity contribution in [3.05, 3.63) is 93.7 Å². The molecule has 1 heterocycles. The van der Waals surface area contributed by atoms with Gasteiger partial charge in [-0.3, -0.25) is 4.79 Å². The molecular formula is C21H12Cl2O5S. The van der Waals surface area contributed by atoms with Gasteiger partial charge >= 0.3 is 10.1 Å². The molecule has 5 nitrogen and oxygen atoms in total. The molecule has 29 heavy (non-hydrogen) atoms. The quantitative estimate of drug-likeness (QED) is 0.397. The average molecular weight is 447 g/mol. The first-order valence-corrected chi connectivity index (χ1v) is 10.5. The Labute approximate surface area is 177 Å². The van der Waals surface area contributed by atoms with Crippen molar-refractivity contribution < 1.29 is 22.1 Å². The van der Waals surface area contributed by atoms with E-state index in [0.29, 0.717) is 21.2 Å². The second-order valence-electron chi connectivity index (χ2n) is 6.12. The smallest absolute Gasteiger partial charge is 0.339 e. The molecule has 0 saturated carbocycles. The maximum Gasteiger partial charge on any atom is 0.339 e. The van der Waals surface area contributed by atoms with Crippen molar-refractivity contribution in [2.45, 2.75) is 4.90 Å². The summed E-state index contributed by atoms with van der Waals surface area (Å²) in [5.41, 5.74) is 0.944. The maximum atomic E-state index is 12.6. The summed E-state index contributed by atoms with van der Waals surface area (Å²) in [7, 11) is -4.00. The molecule has 0 aromatic heterocycles. The fourth-order valence-corrected chi connectivity index (χ4v) is 3.98. The van der Waals surface area contributed by atoms with Crippen molar-refractivity contribution in [2.24, 2.45) is 0 Å². The lowest BCUT2D eigenvalue weighted by Gasteiger charge is -2.07. The number of carbonyl (C=O) groups excluding carboxylic acids is 1. The predicted molar refractivity (Wildman–Crippen MR) is 110 cm³/mol. The van der Waals surface area contributed by atoms with Gasteiger partial charge in [0.05, 0.1) is 15.6 Å². The number of ether oxygens (including phenoxy) is 1. The molecule has 0 atom stereocenters. The number of allylic oxidation sites excluding steroid dienone is 1. The average Bonchev–Trinajstić information content (AvgIpc) is 3.00. The van der Waals surface area contributed by atoms with Gasteiger partial charge in [0.25, 0.3) is 0 Å². The van der Waals surface area contributed by atoms with Crippen LogP contribution in [-0.4, -0.2) is 14.2 Å². The molecule has 146 valence electrons. The van der Waals surface area contributed by atoms with E-state index in [-0.39, 0.29) is 27.9 Å². The Balaban J connectivity index is 1.60. The van der Waals surface area contributed by atoms with Gasteiger partial charge in [0.15, 0.2) is 5.76 Å². The summed E-state index contributed by atoms with van der Waals surface area (Å²) >= 11 is 11.9. The lowest BCUT2D eigenvalue weighted by Crippen LogP contribution is -2.09. The van der Waals surface area contributed by atoms with E-state index in [0.717, 1.165) is 0 Å². The summed E-state index contributed by atoms with van der Waals surface area (Å²) in [5, 5.41) is 0.753. The van der Waals surface area contributed by atoms with Gasteiger partial charge in [0.1, 0.15) is 16.4 Å². The molecule has 3 aromatic rings. The van der Waals surface area contributed by atoms with E-state index < -0.39 is 10.1 Å². The van der Waals surface area contributed by atoms with Crippen LogP contribution in [0.2, 0.25) is 10.0 Å². The minimum atomic E-state index is -4.00. The van der Waals surface area contributed by atoms with Crippen molar-refractivity contribution >= 4 is 45.2 Å². The zero-order chi connectivity index (χ0) is 20.6. The number of ketones is 1. The molecule has 0 radical (unpaired) electrons. The van der Waals surface area contributed by atoms with Crippen LogP contribution in [0.3, 0.4) is 0 Å². The van der Waals surface area contributed by atoms with Crippen LogP contribution < -0.4 is 8.92 Å². The Bertz CT molecular complexity index is 1250. The molecule has 0 saturated heterocycles. The topological polar surface area (TPSA) is 69.7 Å². The van der Waals surface area contributed by atoms with E-state index in [1.54, 1.807) is 36.4 Å². The molecule has 3 aromatic carbocycles. The maximum absolute atomic E-state index is 12.6. The van der Waals surface area contributed by atoms with Crippen LogP contribution in [0.25, 0.3) is 6.08 Å². The normalized spacial score (nSPS) is 14.6. The SMILES string of the molecule is O=C1C(=Cc2ccc(Cl)c(Cl)c2)Oc2cc(OS(=O)(=O)c3ccccc3)ccc21. The van der Waals surface area contributed by atoms with Gasteiger partial charge in [-0.15, -0.1) is 0 Å². The molecule has 1 aliphatic rings. The molecule has 0 N–H and O–H groups in total. The highest BCUT2D eigenvalue weighted by Gasteiger charge is 2.28. The highest BCUT2D eigenvalue weighted by Crippen LogP contribution is 2.36. The molecule has 4 rings (SSSR count). The van der Waals surface area contributed by atoms with Crippen molar-refractivity contribution in [1.82, 2.24) is 0 Å². The van der Waals surface area contributed by atoms with Crippen LogP contribution in [0.15, 0.2) is 77.4 Å². The van der Waals surface area contributed by atoms with Crippen molar-refractivity contribution in [3.63, 3.8) is 0 Å². The molecule has 0 aliphatic carbocycles. The second kappa shape index (κ2) is 7.55. The molecule has 0 spiro atoms. The minimum Gasteiger partial charge on any atom is -0.452 e. The number of carbonyl (C=O) groups is 1. The molecule has 0 bridgehead atoms. The lowest BCUT2D eigenvalue weighted by atomic mass is 10.1. The third-order valence-electron chi connectivity index (χ3n) is 4.12. The van der Waals surface area contributed by atoms with E-state index in [1.807, 2.05) is 0 Å². The molecular weight excluding hydrogens is 435 g/mol. The molecule has 1 aliphatic heterocycles. The minimum absolute atomic E-state index is 0.0256. The van der Waals surface area contributed by atoms with E-state index in [1.165, 1.54) is 36.4 Å². The third-order valence-corrected chi connectivity index (χ3v) is 6.12. The lowest BCUT2D eigenvalue weighted by molar-refractivity contribution is 0.101.